The van der Waals surface area contributed by atoms with Gasteiger partial charge in [0.1, 0.15) is 0 Å². The van der Waals surface area contributed by atoms with Crippen LogP contribution in [0.4, 0.5) is 5.69 Å². The van der Waals surface area contributed by atoms with Crippen molar-refractivity contribution in [3.63, 3.8) is 0 Å². The molecule has 5 nitrogen and oxygen atoms in total. The fourth-order valence-electron chi connectivity index (χ4n) is 1.11. The first kappa shape index (κ1) is 12.0. The Hall–Kier alpha value is -1.08. The van der Waals surface area contributed by atoms with Gasteiger partial charge in [0.05, 0.1) is 5.69 Å². The maximum atomic E-state index is 10.7. The van der Waals surface area contributed by atoms with E-state index < -0.39 is 21.8 Å². The van der Waals surface area contributed by atoms with Crippen molar-refractivity contribution in [2.45, 2.75) is 13.3 Å². The Labute approximate surface area is 91.5 Å². The summed E-state index contributed by atoms with van der Waals surface area (Å²) in [5.74, 6) is 0. The molecule has 0 aliphatic carbocycles. The molecule has 0 aliphatic heterocycles. The Morgan fingerprint density at radius 3 is 1.80 bits per heavy atom. The van der Waals surface area contributed by atoms with Gasteiger partial charge in [0.25, 0.3) is 0 Å². The Morgan fingerprint density at radius 1 is 1.00 bits per heavy atom. The lowest BCUT2D eigenvalue weighted by molar-refractivity contribution is 0.605. The van der Waals surface area contributed by atoms with Crippen LogP contribution in [0.15, 0.2) is 24.3 Å². The van der Waals surface area contributed by atoms with Gasteiger partial charge < -0.3 is 0 Å². The Bertz CT molecular complexity index is 438. The summed E-state index contributed by atoms with van der Waals surface area (Å²) < 4.78 is 43.1. The van der Waals surface area contributed by atoms with Crippen molar-refractivity contribution in [1.29, 1.82) is 0 Å². The second-order valence-electron chi connectivity index (χ2n) is 2.79. The van der Waals surface area contributed by atoms with Gasteiger partial charge >= 0.3 is 0 Å². The predicted molar refractivity (Wildman–Crippen MR) is 58.9 cm³/mol. The van der Waals surface area contributed by atoms with Gasteiger partial charge in [-0.1, -0.05) is 19.1 Å². The molecule has 0 saturated carbocycles. The van der Waals surface area contributed by atoms with Gasteiger partial charge in [-0.2, -0.15) is 3.71 Å². The number of aryl methyl sites for hydroxylation is 1. The Morgan fingerprint density at radius 2 is 1.47 bits per heavy atom. The quantitative estimate of drug-likeness (QED) is 0.743. The maximum absolute atomic E-state index is 10.7. The van der Waals surface area contributed by atoms with Crippen LogP contribution in [0.5, 0.6) is 0 Å². The van der Waals surface area contributed by atoms with Crippen LogP contribution >= 0.6 is 0 Å². The second kappa shape index (κ2) is 5.13. The van der Waals surface area contributed by atoms with Gasteiger partial charge in [-0.05, 0) is 24.1 Å². The van der Waals surface area contributed by atoms with Crippen molar-refractivity contribution in [2.75, 3.05) is 3.71 Å². The van der Waals surface area contributed by atoms with Gasteiger partial charge in [0.15, 0.2) is 0 Å². The van der Waals surface area contributed by atoms with E-state index in [0.29, 0.717) is 3.71 Å². The zero-order valence-electron chi connectivity index (χ0n) is 7.99. The zero-order chi connectivity index (χ0) is 11.4. The monoisotopic (exact) mass is 249 g/mol. The molecule has 0 fully saturated rings. The van der Waals surface area contributed by atoms with Crippen LogP contribution in [0.2, 0.25) is 0 Å². The molecule has 0 bridgehead atoms. The topological polar surface area (TPSA) is 71.5 Å². The van der Waals surface area contributed by atoms with Crippen molar-refractivity contribution in [2.24, 2.45) is 0 Å². The third kappa shape index (κ3) is 2.93. The fraction of sp³-hybridized carbons (Fsp3) is 0.250. The van der Waals surface area contributed by atoms with E-state index in [-0.39, 0.29) is 5.69 Å². The van der Waals surface area contributed by atoms with Crippen LogP contribution in [0.3, 0.4) is 0 Å². The smallest absolute Gasteiger partial charge is 0.209 e. The second-order valence-corrected chi connectivity index (χ2v) is 4.85. The summed E-state index contributed by atoms with van der Waals surface area (Å²) in [6, 6.07) is 6.32. The average molecular weight is 249 g/mol. The molecule has 0 N–H and O–H groups in total. The van der Waals surface area contributed by atoms with Gasteiger partial charge in [-0.15, -0.1) is 0 Å². The normalized spacial score (nSPS) is 10.9. The molecule has 0 atom stereocenters. The molecule has 84 valence electrons. The van der Waals surface area contributed by atoms with Gasteiger partial charge in [-0.25, -0.2) is 16.8 Å². The highest BCUT2D eigenvalue weighted by molar-refractivity contribution is 7.92. The lowest BCUT2D eigenvalue weighted by atomic mass is 10.2. The molecule has 0 amide bonds. The minimum Gasteiger partial charge on any atom is -0.209 e. The number of hydrogen-bond donors (Lipinski definition) is 2. The standard InChI is InChI=1S/C8H11NO4S2/c1-2-7-3-5-8(6-4-7)9(14(10)11)15(12)13/h3-6,14-15H,2H2,1H3. The number of hydrogen-bond acceptors (Lipinski definition) is 4. The Balaban J connectivity index is 3.13. The summed E-state index contributed by atoms with van der Waals surface area (Å²) in [7, 11) is -6.31. The molecule has 0 spiro atoms. The van der Waals surface area contributed by atoms with E-state index in [2.05, 4.69) is 0 Å². The fourth-order valence-corrected chi connectivity index (χ4v) is 2.23. The van der Waals surface area contributed by atoms with E-state index in [1.165, 1.54) is 12.1 Å². The molecular formula is C8H11NO4S2. The molecule has 0 aliphatic rings. The highest BCUT2D eigenvalue weighted by Gasteiger charge is 2.10. The first-order chi connectivity index (χ1) is 7.06. The molecule has 7 heteroatoms. The largest absolute Gasteiger partial charge is 0.237 e. The summed E-state index contributed by atoms with van der Waals surface area (Å²) >= 11 is 0. The minimum atomic E-state index is -3.16. The minimum absolute atomic E-state index is 0.138. The number of rotatable bonds is 4. The molecule has 1 aromatic carbocycles. The summed E-state index contributed by atoms with van der Waals surface area (Å²) in [5, 5.41) is 0. The third-order valence-corrected chi connectivity index (χ3v) is 3.84. The van der Waals surface area contributed by atoms with Crippen LogP contribution in [0.25, 0.3) is 0 Å². The summed E-state index contributed by atoms with van der Waals surface area (Å²) in [5.41, 5.74) is 1.15. The summed E-state index contributed by atoms with van der Waals surface area (Å²) in [6.45, 7) is 1.95. The summed E-state index contributed by atoms with van der Waals surface area (Å²) in [6.07, 6.45) is 0.813. The molecule has 0 unspecified atom stereocenters. The van der Waals surface area contributed by atoms with E-state index >= 15 is 0 Å². The highest BCUT2D eigenvalue weighted by Crippen LogP contribution is 2.15. The molecule has 0 saturated heterocycles. The first-order valence-electron chi connectivity index (χ1n) is 4.24. The number of benzene rings is 1. The zero-order valence-corrected chi connectivity index (χ0v) is 9.78. The molecule has 1 aromatic rings. The third-order valence-electron chi connectivity index (χ3n) is 1.88. The van der Waals surface area contributed by atoms with E-state index in [4.69, 9.17) is 0 Å². The predicted octanol–water partition coefficient (Wildman–Crippen LogP) is 0.108. The Kier molecular flexibility index (Phi) is 4.10. The number of nitrogens with zero attached hydrogens (tertiary/aromatic N) is 1. The van der Waals surface area contributed by atoms with Crippen LogP contribution in [-0.4, -0.2) is 16.8 Å². The van der Waals surface area contributed by atoms with E-state index in [9.17, 15) is 16.8 Å². The van der Waals surface area contributed by atoms with Crippen molar-refractivity contribution >= 4 is 27.5 Å². The molecule has 0 radical (unpaired) electrons. The molecule has 1 rings (SSSR count). The van der Waals surface area contributed by atoms with E-state index in [1.54, 1.807) is 12.1 Å². The summed E-state index contributed by atoms with van der Waals surface area (Å²) in [4.78, 5) is 0. The van der Waals surface area contributed by atoms with Gasteiger partial charge in [0.2, 0.25) is 21.8 Å². The lowest BCUT2D eigenvalue weighted by Crippen LogP contribution is -2.18. The van der Waals surface area contributed by atoms with Crippen molar-refractivity contribution in [1.82, 2.24) is 0 Å². The lowest BCUT2D eigenvalue weighted by Gasteiger charge is -2.09. The molecule has 15 heavy (non-hydrogen) atoms. The first-order valence-corrected chi connectivity index (χ1v) is 6.50. The van der Waals surface area contributed by atoms with Crippen molar-refractivity contribution < 1.29 is 16.8 Å². The number of anilines is 1. The van der Waals surface area contributed by atoms with E-state index in [1.807, 2.05) is 6.92 Å². The van der Waals surface area contributed by atoms with Crippen molar-refractivity contribution in [3.8, 4) is 0 Å². The van der Waals surface area contributed by atoms with Crippen LogP contribution in [0, 0.1) is 0 Å². The van der Waals surface area contributed by atoms with Crippen LogP contribution < -0.4 is 3.71 Å². The van der Waals surface area contributed by atoms with Crippen LogP contribution in [0.1, 0.15) is 12.5 Å². The van der Waals surface area contributed by atoms with Gasteiger partial charge in [0, 0.05) is 0 Å². The van der Waals surface area contributed by atoms with Crippen LogP contribution in [-0.2, 0) is 28.2 Å². The van der Waals surface area contributed by atoms with E-state index in [0.717, 1.165) is 12.0 Å². The average Bonchev–Trinajstić information content (AvgIpc) is 2.18. The highest BCUT2D eigenvalue weighted by atomic mass is 32.2. The maximum Gasteiger partial charge on any atom is 0.237 e. The SMILES string of the molecule is CCc1ccc(N([SH](=O)=O)[SH](=O)=O)cc1. The van der Waals surface area contributed by atoms with Gasteiger partial charge in [-0.3, -0.25) is 0 Å². The number of thiol groups is 2. The molecular weight excluding hydrogens is 238 g/mol. The van der Waals surface area contributed by atoms with Crippen molar-refractivity contribution in [3.05, 3.63) is 29.8 Å². The molecule has 0 heterocycles. The molecule has 0 aromatic heterocycles.